The van der Waals surface area contributed by atoms with E-state index in [4.69, 9.17) is 0 Å². The van der Waals surface area contributed by atoms with Crippen molar-refractivity contribution in [2.24, 2.45) is 5.92 Å². The first-order valence-electron chi connectivity index (χ1n) is 8.01. The van der Waals surface area contributed by atoms with E-state index in [2.05, 4.69) is 31.2 Å². The fourth-order valence-corrected chi connectivity index (χ4v) is 3.76. The van der Waals surface area contributed by atoms with E-state index in [1.165, 1.54) is 36.8 Å². The van der Waals surface area contributed by atoms with Crippen molar-refractivity contribution in [2.45, 2.75) is 69.8 Å². The van der Waals surface area contributed by atoms with Gasteiger partial charge in [0.25, 0.3) is 0 Å². The van der Waals surface area contributed by atoms with Gasteiger partial charge in [-0.3, -0.25) is 0 Å². The molecule has 1 aromatic rings. The molecule has 1 nitrogen and oxygen atoms in total. The van der Waals surface area contributed by atoms with Crippen molar-refractivity contribution in [1.82, 2.24) is 0 Å². The quantitative estimate of drug-likeness (QED) is 0.759. The minimum Gasteiger partial charge on any atom is -0.385 e. The van der Waals surface area contributed by atoms with E-state index in [1.54, 1.807) is 0 Å². The first kappa shape index (κ1) is 13.2. The summed E-state index contributed by atoms with van der Waals surface area (Å²) in [5, 5.41) is 11.2. The van der Waals surface area contributed by atoms with Gasteiger partial charge < -0.3 is 5.11 Å². The monoisotopic (exact) mass is 258 g/mol. The van der Waals surface area contributed by atoms with Crippen LogP contribution in [0.4, 0.5) is 0 Å². The highest BCUT2D eigenvalue weighted by atomic mass is 16.3. The minimum atomic E-state index is -0.559. The molecule has 0 bridgehead atoms. The molecule has 2 saturated carbocycles. The maximum Gasteiger partial charge on any atom is 0.0899 e. The number of rotatable bonds is 2. The van der Waals surface area contributed by atoms with Crippen molar-refractivity contribution < 1.29 is 5.11 Å². The number of hydrogen-bond donors (Lipinski definition) is 1. The van der Waals surface area contributed by atoms with Crippen LogP contribution in [-0.2, 0) is 5.60 Å². The zero-order chi connectivity index (χ0) is 13.3. The highest BCUT2D eigenvalue weighted by molar-refractivity contribution is 5.36. The fraction of sp³-hybridized carbons (Fsp3) is 0.667. The summed E-state index contributed by atoms with van der Waals surface area (Å²) >= 11 is 0. The smallest absolute Gasteiger partial charge is 0.0899 e. The maximum atomic E-state index is 11.2. The molecule has 19 heavy (non-hydrogen) atoms. The Morgan fingerprint density at radius 2 is 1.79 bits per heavy atom. The molecule has 0 spiro atoms. The van der Waals surface area contributed by atoms with Crippen LogP contribution in [-0.4, -0.2) is 5.11 Å². The molecule has 0 heterocycles. The first-order chi connectivity index (χ1) is 9.19. The molecule has 2 aliphatic carbocycles. The molecule has 2 aliphatic rings. The molecule has 0 saturated heterocycles. The molecule has 0 radical (unpaired) electrons. The van der Waals surface area contributed by atoms with Gasteiger partial charge >= 0.3 is 0 Å². The van der Waals surface area contributed by atoms with Gasteiger partial charge in [0.1, 0.15) is 0 Å². The lowest BCUT2D eigenvalue weighted by Crippen LogP contribution is -2.28. The van der Waals surface area contributed by atoms with E-state index in [-0.39, 0.29) is 0 Å². The van der Waals surface area contributed by atoms with E-state index in [9.17, 15) is 5.11 Å². The van der Waals surface area contributed by atoms with Crippen LogP contribution in [0.1, 0.15) is 75.3 Å². The summed E-state index contributed by atoms with van der Waals surface area (Å²) in [4.78, 5) is 0. The zero-order valence-electron chi connectivity index (χ0n) is 12.1. The van der Waals surface area contributed by atoms with Crippen LogP contribution in [0.5, 0.6) is 0 Å². The van der Waals surface area contributed by atoms with E-state index >= 15 is 0 Å². The molecule has 1 heteroatoms. The molecule has 0 amide bonds. The summed E-state index contributed by atoms with van der Waals surface area (Å²) in [6, 6.07) is 8.68. The Bertz CT molecular complexity index is 435. The lowest BCUT2D eigenvalue weighted by Gasteiger charge is -2.35. The molecule has 0 aliphatic heterocycles. The van der Waals surface area contributed by atoms with Gasteiger partial charge in [-0.15, -0.1) is 0 Å². The fourth-order valence-electron chi connectivity index (χ4n) is 3.76. The summed E-state index contributed by atoms with van der Waals surface area (Å²) in [6.07, 6.45) is 9.46. The van der Waals surface area contributed by atoms with E-state index in [0.717, 1.165) is 31.6 Å². The molecule has 2 unspecified atom stereocenters. The Morgan fingerprint density at radius 3 is 2.53 bits per heavy atom. The average molecular weight is 258 g/mol. The van der Waals surface area contributed by atoms with E-state index in [0.29, 0.717) is 5.92 Å². The van der Waals surface area contributed by atoms with E-state index < -0.39 is 5.60 Å². The lowest BCUT2D eigenvalue weighted by molar-refractivity contribution is 0.0182. The van der Waals surface area contributed by atoms with Crippen molar-refractivity contribution in [3.8, 4) is 0 Å². The second-order valence-corrected chi connectivity index (χ2v) is 6.78. The predicted octanol–water partition coefficient (Wildman–Crippen LogP) is 4.74. The van der Waals surface area contributed by atoms with Gasteiger partial charge in [-0.05, 0) is 61.5 Å². The second-order valence-electron chi connectivity index (χ2n) is 6.78. The molecule has 3 rings (SSSR count). The molecular formula is C18H26O. The van der Waals surface area contributed by atoms with Crippen molar-refractivity contribution in [3.63, 3.8) is 0 Å². The summed E-state index contributed by atoms with van der Waals surface area (Å²) in [7, 11) is 0. The molecule has 2 atom stereocenters. The third-order valence-electron chi connectivity index (χ3n) is 5.35. The van der Waals surface area contributed by atoms with Gasteiger partial charge in [0.15, 0.2) is 0 Å². The van der Waals surface area contributed by atoms with Crippen molar-refractivity contribution >= 4 is 0 Å². The van der Waals surface area contributed by atoms with Crippen LogP contribution >= 0.6 is 0 Å². The molecule has 2 fully saturated rings. The Balaban J connectivity index is 1.91. The predicted molar refractivity (Wildman–Crippen MR) is 79.2 cm³/mol. The topological polar surface area (TPSA) is 20.2 Å². The van der Waals surface area contributed by atoms with E-state index in [1.807, 2.05) is 0 Å². The number of hydrogen-bond acceptors (Lipinski definition) is 1. The number of aliphatic hydroxyl groups is 1. The molecule has 1 aromatic carbocycles. The van der Waals surface area contributed by atoms with Crippen molar-refractivity contribution in [2.75, 3.05) is 0 Å². The van der Waals surface area contributed by atoms with Crippen LogP contribution in [0.15, 0.2) is 24.3 Å². The molecule has 0 aromatic heterocycles. The van der Waals surface area contributed by atoms with Gasteiger partial charge in [0.05, 0.1) is 5.60 Å². The van der Waals surface area contributed by atoms with Crippen LogP contribution < -0.4 is 0 Å². The highest BCUT2D eigenvalue weighted by Gasteiger charge is 2.35. The highest BCUT2D eigenvalue weighted by Crippen LogP contribution is 2.45. The third-order valence-corrected chi connectivity index (χ3v) is 5.35. The first-order valence-corrected chi connectivity index (χ1v) is 8.01. The Labute approximate surface area is 117 Å². The molecular weight excluding hydrogens is 232 g/mol. The van der Waals surface area contributed by atoms with Crippen LogP contribution in [0.25, 0.3) is 0 Å². The maximum absolute atomic E-state index is 11.2. The van der Waals surface area contributed by atoms with Gasteiger partial charge in [0.2, 0.25) is 0 Å². The van der Waals surface area contributed by atoms with Crippen molar-refractivity contribution in [3.05, 3.63) is 35.4 Å². The summed E-state index contributed by atoms with van der Waals surface area (Å²) in [5.74, 6) is 1.48. The Morgan fingerprint density at radius 1 is 1.00 bits per heavy atom. The van der Waals surface area contributed by atoms with Gasteiger partial charge in [0, 0.05) is 0 Å². The lowest BCUT2D eigenvalue weighted by atomic mass is 9.73. The SMILES string of the molecule is CC1CCCC(O)(c2ccccc2C2CCC2)CC1. The second kappa shape index (κ2) is 5.28. The van der Waals surface area contributed by atoms with Crippen LogP contribution in [0, 0.1) is 5.92 Å². The van der Waals surface area contributed by atoms with Crippen molar-refractivity contribution in [1.29, 1.82) is 0 Å². The largest absolute Gasteiger partial charge is 0.385 e. The Kier molecular flexibility index (Phi) is 3.66. The molecule has 1 N–H and O–H groups in total. The third kappa shape index (κ3) is 2.58. The average Bonchev–Trinajstić information content (AvgIpc) is 2.51. The summed E-state index contributed by atoms with van der Waals surface area (Å²) in [6.45, 7) is 2.32. The molecule has 104 valence electrons. The number of benzene rings is 1. The van der Waals surface area contributed by atoms with Gasteiger partial charge in [-0.2, -0.15) is 0 Å². The van der Waals surface area contributed by atoms with Gasteiger partial charge in [-0.25, -0.2) is 0 Å². The zero-order valence-corrected chi connectivity index (χ0v) is 12.1. The normalized spacial score (nSPS) is 32.6. The Hall–Kier alpha value is -0.820. The summed E-state index contributed by atoms with van der Waals surface area (Å²) in [5.41, 5.74) is 2.12. The van der Waals surface area contributed by atoms with Crippen LogP contribution in [0.3, 0.4) is 0 Å². The minimum absolute atomic E-state index is 0.559. The standard InChI is InChI=1S/C18H26O/c1-14-6-5-12-18(19,13-11-14)17-10-3-2-9-16(17)15-7-4-8-15/h2-3,9-10,14-15,19H,4-8,11-13H2,1H3. The van der Waals surface area contributed by atoms with Gasteiger partial charge in [-0.1, -0.05) is 44.0 Å². The van der Waals surface area contributed by atoms with Crippen LogP contribution in [0.2, 0.25) is 0 Å². The summed E-state index contributed by atoms with van der Waals surface area (Å²) < 4.78 is 0.